The number of likely N-dealkylation sites (N-methyl/N-ethyl adjacent to an activating group) is 1. The summed E-state index contributed by atoms with van der Waals surface area (Å²) in [6.45, 7) is 7.99. The highest BCUT2D eigenvalue weighted by molar-refractivity contribution is 6.31. The molecule has 0 saturated heterocycles. The van der Waals surface area contributed by atoms with Crippen molar-refractivity contribution in [2.24, 2.45) is 0 Å². The summed E-state index contributed by atoms with van der Waals surface area (Å²) >= 11 is 5.97. The van der Waals surface area contributed by atoms with E-state index in [1.807, 2.05) is 25.1 Å². The molecular formula is C14H22ClNO. The number of benzene rings is 1. The van der Waals surface area contributed by atoms with Gasteiger partial charge in [0, 0.05) is 11.1 Å². The Morgan fingerprint density at radius 3 is 2.71 bits per heavy atom. The van der Waals surface area contributed by atoms with Gasteiger partial charge in [-0.25, -0.2) is 0 Å². The summed E-state index contributed by atoms with van der Waals surface area (Å²) in [5, 5.41) is 4.21. The lowest BCUT2D eigenvalue weighted by Gasteiger charge is -2.18. The van der Waals surface area contributed by atoms with Crippen molar-refractivity contribution in [3.8, 4) is 5.75 Å². The molecule has 1 rings (SSSR count). The van der Waals surface area contributed by atoms with Crippen LogP contribution in [0.4, 0.5) is 0 Å². The fourth-order valence-corrected chi connectivity index (χ4v) is 1.90. The van der Waals surface area contributed by atoms with E-state index in [2.05, 4.69) is 19.2 Å². The van der Waals surface area contributed by atoms with Crippen LogP contribution >= 0.6 is 11.6 Å². The monoisotopic (exact) mass is 255 g/mol. The standard InChI is InChI=1S/C14H22ClNO/c1-4-6-12(16-5-2)10-17-13-7-8-14(15)11(3)9-13/h7-9,12,16H,4-6,10H2,1-3H3. The van der Waals surface area contributed by atoms with Gasteiger partial charge in [0.1, 0.15) is 12.4 Å². The van der Waals surface area contributed by atoms with E-state index in [-0.39, 0.29) is 0 Å². The van der Waals surface area contributed by atoms with Gasteiger partial charge in [-0.2, -0.15) is 0 Å². The highest BCUT2D eigenvalue weighted by Crippen LogP contribution is 2.21. The summed E-state index contributed by atoms with van der Waals surface area (Å²) in [7, 11) is 0. The minimum Gasteiger partial charge on any atom is -0.492 e. The summed E-state index contributed by atoms with van der Waals surface area (Å²) in [6.07, 6.45) is 2.31. The highest BCUT2D eigenvalue weighted by Gasteiger charge is 2.07. The number of halogens is 1. The van der Waals surface area contributed by atoms with Gasteiger partial charge in [-0.05, 0) is 43.7 Å². The van der Waals surface area contributed by atoms with E-state index in [4.69, 9.17) is 16.3 Å². The number of nitrogens with one attached hydrogen (secondary N) is 1. The van der Waals surface area contributed by atoms with Crippen LogP contribution in [0.15, 0.2) is 18.2 Å². The van der Waals surface area contributed by atoms with Crippen molar-refractivity contribution in [3.05, 3.63) is 28.8 Å². The maximum atomic E-state index is 5.97. The lowest BCUT2D eigenvalue weighted by atomic mass is 10.2. The zero-order valence-corrected chi connectivity index (χ0v) is 11.7. The predicted octanol–water partition coefficient (Wildman–Crippen LogP) is 3.81. The van der Waals surface area contributed by atoms with Gasteiger partial charge in [0.05, 0.1) is 0 Å². The normalized spacial score (nSPS) is 12.5. The first kappa shape index (κ1) is 14.3. The Labute approximate surface area is 109 Å². The zero-order chi connectivity index (χ0) is 12.7. The van der Waals surface area contributed by atoms with Gasteiger partial charge in [0.15, 0.2) is 0 Å². The maximum Gasteiger partial charge on any atom is 0.119 e. The topological polar surface area (TPSA) is 21.3 Å². The van der Waals surface area contributed by atoms with Crippen LogP contribution < -0.4 is 10.1 Å². The average molecular weight is 256 g/mol. The summed E-state index contributed by atoms with van der Waals surface area (Å²) in [6, 6.07) is 6.22. The van der Waals surface area contributed by atoms with Crippen molar-refractivity contribution >= 4 is 11.6 Å². The molecule has 0 fully saturated rings. The number of rotatable bonds is 7. The fourth-order valence-electron chi connectivity index (χ4n) is 1.79. The van der Waals surface area contributed by atoms with Crippen LogP contribution in [0.5, 0.6) is 5.75 Å². The summed E-state index contributed by atoms with van der Waals surface area (Å²) < 4.78 is 5.79. The summed E-state index contributed by atoms with van der Waals surface area (Å²) in [4.78, 5) is 0. The molecule has 0 radical (unpaired) electrons. The lowest BCUT2D eigenvalue weighted by molar-refractivity contribution is 0.257. The van der Waals surface area contributed by atoms with Crippen LogP contribution in [-0.4, -0.2) is 19.2 Å². The Bertz CT molecular complexity index is 335. The van der Waals surface area contributed by atoms with E-state index >= 15 is 0 Å². The van der Waals surface area contributed by atoms with Crippen molar-refractivity contribution in [2.45, 2.75) is 39.7 Å². The number of aryl methyl sites for hydroxylation is 1. The molecule has 1 aromatic rings. The second kappa shape index (κ2) is 7.57. The molecule has 0 aliphatic carbocycles. The fraction of sp³-hybridized carbons (Fsp3) is 0.571. The first-order valence-electron chi connectivity index (χ1n) is 6.29. The third-order valence-electron chi connectivity index (χ3n) is 2.71. The van der Waals surface area contributed by atoms with Crippen molar-refractivity contribution in [1.82, 2.24) is 5.32 Å². The third-order valence-corrected chi connectivity index (χ3v) is 3.13. The molecule has 0 aliphatic rings. The lowest BCUT2D eigenvalue weighted by Crippen LogP contribution is -2.34. The molecule has 0 aliphatic heterocycles. The number of hydrogen-bond acceptors (Lipinski definition) is 2. The quantitative estimate of drug-likeness (QED) is 0.800. The van der Waals surface area contributed by atoms with Crippen molar-refractivity contribution in [1.29, 1.82) is 0 Å². The molecule has 0 aromatic heterocycles. The third kappa shape index (κ3) is 4.97. The predicted molar refractivity (Wildman–Crippen MR) is 74.1 cm³/mol. The Morgan fingerprint density at radius 2 is 2.12 bits per heavy atom. The van der Waals surface area contributed by atoms with E-state index in [0.717, 1.165) is 29.3 Å². The minimum absolute atomic E-state index is 0.431. The summed E-state index contributed by atoms with van der Waals surface area (Å²) in [5.74, 6) is 0.894. The molecule has 1 N–H and O–H groups in total. The summed E-state index contributed by atoms with van der Waals surface area (Å²) in [5.41, 5.74) is 1.06. The van der Waals surface area contributed by atoms with Crippen LogP contribution in [0.3, 0.4) is 0 Å². The average Bonchev–Trinajstić information content (AvgIpc) is 2.31. The first-order chi connectivity index (χ1) is 8.17. The Kier molecular flexibility index (Phi) is 6.38. The molecule has 0 heterocycles. The Hall–Kier alpha value is -0.730. The van der Waals surface area contributed by atoms with Crippen molar-refractivity contribution in [3.63, 3.8) is 0 Å². The van der Waals surface area contributed by atoms with Gasteiger partial charge >= 0.3 is 0 Å². The van der Waals surface area contributed by atoms with Crippen LogP contribution in [0.25, 0.3) is 0 Å². The Morgan fingerprint density at radius 1 is 1.35 bits per heavy atom. The van der Waals surface area contributed by atoms with Gasteiger partial charge in [-0.1, -0.05) is 31.9 Å². The molecular weight excluding hydrogens is 234 g/mol. The molecule has 17 heavy (non-hydrogen) atoms. The van der Waals surface area contributed by atoms with Crippen LogP contribution in [0.2, 0.25) is 5.02 Å². The van der Waals surface area contributed by atoms with Gasteiger partial charge in [-0.3, -0.25) is 0 Å². The molecule has 3 heteroatoms. The molecule has 1 aromatic carbocycles. The number of ether oxygens (including phenoxy) is 1. The van der Waals surface area contributed by atoms with Gasteiger partial charge in [0.2, 0.25) is 0 Å². The van der Waals surface area contributed by atoms with E-state index in [9.17, 15) is 0 Å². The number of hydrogen-bond donors (Lipinski definition) is 1. The SMILES string of the molecule is CCCC(COc1ccc(Cl)c(C)c1)NCC. The van der Waals surface area contributed by atoms with Crippen LogP contribution in [-0.2, 0) is 0 Å². The minimum atomic E-state index is 0.431. The molecule has 1 unspecified atom stereocenters. The van der Waals surface area contributed by atoms with Gasteiger partial charge in [-0.15, -0.1) is 0 Å². The van der Waals surface area contributed by atoms with Crippen LogP contribution in [0.1, 0.15) is 32.3 Å². The smallest absolute Gasteiger partial charge is 0.119 e. The molecule has 0 saturated carbocycles. The molecule has 1 atom stereocenters. The van der Waals surface area contributed by atoms with E-state index in [1.54, 1.807) is 0 Å². The zero-order valence-electron chi connectivity index (χ0n) is 10.9. The van der Waals surface area contributed by atoms with E-state index < -0.39 is 0 Å². The molecule has 0 amide bonds. The molecule has 0 bridgehead atoms. The Balaban J connectivity index is 2.49. The van der Waals surface area contributed by atoms with E-state index in [0.29, 0.717) is 12.6 Å². The highest BCUT2D eigenvalue weighted by atomic mass is 35.5. The second-order valence-corrected chi connectivity index (χ2v) is 4.67. The van der Waals surface area contributed by atoms with E-state index in [1.165, 1.54) is 6.42 Å². The molecule has 2 nitrogen and oxygen atoms in total. The maximum absolute atomic E-state index is 5.97. The second-order valence-electron chi connectivity index (χ2n) is 4.27. The van der Waals surface area contributed by atoms with Crippen LogP contribution in [0, 0.1) is 6.92 Å². The van der Waals surface area contributed by atoms with Crippen molar-refractivity contribution < 1.29 is 4.74 Å². The van der Waals surface area contributed by atoms with Gasteiger partial charge < -0.3 is 10.1 Å². The molecule has 96 valence electrons. The largest absolute Gasteiger partial charge is 0.492 e. The molecule has 0 spiro atoms. The first-order valence-corrected chi connectivity index (χ1v) is 6.67. The van der Waals surface area contributed by atoms with Crippen molar-refractivity contribution in [2.75, 3.05) is 13.2 Å². The van der Waals surface area contributed by atoms with Gasteiger partial charge in [0.25, 0.3) is 0 Å².